The molecule has 7 nitrogen and oxygen atoms in total. The van der Waals surface area contributed by atoms with Crippen LogP contribution in [0.5, 0.6) is 0 Å². The maximum atomic E-state index is 13.7. The Labute approximate surface area is 183 Å². The molecule has 1 aromatic carbocycles. The molecule has 0 bridgehead atoms. The van der Waals surface area contributed by atoms with Crippen LogP contribution >= 0.6 is 0 Å². The first kappa shape index (κ1) is 20.8. The molecule has 0 spiro atoms. The number of benzene rings is 1. The summed E-state index contributed by atoms with van der Waals surface area (Å²) in [6, 6.07) is 4.87. The SMILES string of the molecule is Cn1ncc(-c2ccc3c(c2)CN(C2CCC(=O)NC2=O)C3=O)c1C1CCC(F)(F)CC1. The summed E-state index contributed by atoms with van der Waals surface area (Å²) in [4.78, 5) is 38.1. The van der Waals surface area contributed by atoms with Crippen LogP contribution in [0.25, 0.3) is 11.1 Å². The zero-order chi connectivity index (χ0) is 22.6. The molecule has 5 rings (SSSR count). The van der Waals surface area contributed by atoms with Gasteiger partial charge in [0, 0.05) is 55.6 Å². The fourth-order valence-electron chi connectivity index (χ4n) is 5.21. The van der Waals surface area contributed by atoms with E-state index in [9.17, 15) is 23.2 Å². The second-order valence-electron chi connectivity index (χ2n) is 8.97. The van der Waals surface area contributed by atoms with Gasteiger partial charge in [0.05, 0.1) is 6.20 Å². The van der Waals surface area contributed by atoms with Gasteiger partial charge in [-0.15, -0.1) is 0 Å². The Hall–Kier alpha value is -3.10. The van der Waals surface area contributed by atoms with Gasteiger partial charge in [-0.3, -0.25) is 24.4 Å². The zero-order valence-corrected chi connectivity index (χ0v) is 17.7. The van der Waals surface area contributed by atoms with Crippen LogP contribution in [0.4, 0.5) is 8.78 Å². The lowest BCUT2D eigenvalue weighted by Gasteiger charge is -2.29. The zero-order valence-electron chi connectivity index (χ0n) is 17.7. The third kappa shape index (κ3) is 3.49. The van der Waals surface area contributed by atoms with Gasteiger partial charge in [-0.05, 0) is 42.5 Å². The summed E-state index contributed by atoms with van der Waals surface area (Å²) in [5.41, 5.74) is 4.05. The predicted octanol–water partition coefficient (Wildman–Crippen LogP) is 3.14. The molecule has 1 unspecified atom stereocenters. The fraction of sp³-hybridized carbons (Fsp3) is 0.478. The molecule has 1 aliphatic carbocycles. The number of alkyl halides is 2. The van der Waals surface area contributed by atoms with E-state index in [1.807, 2.05) is 19.2 Å². The lowest BCUT2D eigenvalue weighted by molar-refractivity contribution is -0.136. The van der Waals surface area contributed by atoms with Crippen LogP contribution in [0.2, 0.25) is 0 Å². The van der Waals surface area contributed by atoms with Crippen molar-refractivity contribution in [2.24, 2.45) is 7.05 Å². The minimum absolute atomic E-state index is 0.00646. The van der Waals surface area contributed by atoms with E-state index in [1.165, 1.54) is 4.90 Å². The molecule has 1 saturated carbocycles. The number of fused-ring (bicyclic) bond motifs is 1. The molecule has 2 aliphatic heterocycles. The van der Waals surface area contributed by atoms with E-state index in [0.717, 1.165) is 22.4 Å². The van der Waals surface area contributed by atoms with Crippen LogP contribution in [0.1, 0.15) is 66.1 Å². The molecular formula is C23H24F2N4O3. The molecule has 9 heteroatoms. The molecule has 2 fully saturated rings. The molecule has 1 N–H and O–H groups in total. The molecule has 3 heterocycles. The molecule has 32 heavy (non-hydrogen) atoms. The minimum Gasteiger partial charge on any atom is -0.322 e. The Kier molecular flexibility index (Phi) is 4.87. The quantitative estimate of drug-likeness (QED) is 0.741. The van der Waals surface area contributed by atoms with E-state index in [1.54, 1.807) is 16.9 Å². The van der Waals surface area contributed by atoms with Gasteiger partial charge in [0.25, 0.3) is 5.91 Å². The van der Waals surface area contributed by atoms with E-state index in [-0.39, 0.29) is 37.0 Å². The number of nitrogens with zero attached hydrogens (tertiary/aromatic N) is 3. The van der Waals surface area contributed by atoms with Crippen molar-refractivity contribution in [3.05, 3.63) is 41.2 Å². The van der Waals surface area contributed by atoms with Crippen LogP contribution in [-0.4, -0.2) is 44.4 Å². The first-order valence-corrected chi connectivity index (χ1v) is 10.9. The van der Waals surface area contributed by atoms with E-state index in [0.29, 0.717) is 31.4 Å². The van der Waals surface area contributed by atoms with Crippen molar-refractivity contribution >= 4 is 17.7 Å². The van der Waals surface area contributed by atoms with Gasteiger partial charge in [0.15, 0.2) is 0 Å². The Morgan fingerprint density at radius 2 is 1.84 bits per heavy atom. The van der Waals surface area contributed by atoms with Gasteiger partial charge in [-0.1, -0.05) is 6.07 Å². The first-order valence-electron chi connectivity index (χ1n) is 10.9. The van der Waals surface area contributed by atoms with Crippen molar-refractivity contribution in [2.75, 3.05) is 0 Å². The number of hydrogen-bond donors (Lipinski definition) is 1. The van der Waals surface area contributed by atoms with E-state index < -0.39 is 17.9 Å². The van der Waals surface area contributed by atoms with Crippen molar-refractivity contribution in [3.63, 3.8) is 0 Å². The summed E-state index contributed by atoms with van der Waals surface area (Å²) in [6.07, 6.45) is 2.85. The molecule has 1 saturated heterocycles. The van der Waals surface area contributed by atoms with Gasteiger partial charge < -0.3 is 4.90 Å². The van der Waals surface area contributed by atoms with Crippen LogP contribution in [0, 0.1) is 0 Å². The smallest absolute Gasteiger partial charge is 0.255 e. The van der Waals surface area contributed by atoms with Gasteiger partial charge in [-0.25, -0.2) is 8.78 Å². The van der Waals surface area contributed by atoms with Gasteiger partial charge >= 0.3 is 0 Å². The third-order valence-electron chi connectivity index (χ3n) is 6.92. The number of carbonyl (C=O) groups is 3. The number of halogens is 2. The van der Waals surface area contributed by atoms with Crippen molar-refractivity contribution in [1.82, 2.24) is 20.0 Å². The van der Waals surface area contributed by atoms with E-state index in [2.05, 4.69) is 10.4 Å². The number of hydrogen-bond acceptors (Lipinski definition) is 4. The topological polar surface area (TPSA) is 84.3 Å². The number of nitrogens with one attached hydrogen (secondary N) is 1. The van der Waals surface area contributed by atoms with Crippen LogP contribution in [-0.2, 0) is 23.2 Å². The summed E-state index contributed by atoms with van der Waals surface area (Å²) in [7, 11) is 1.83. The number of amides is 3. The van der Waals surface area contributed by atoms with E-state index >= 15 is 0 Å². The van der Waals surface area contributed by atoms with Gasteiger partial charge in [0.1, 0.15) is 6.04 Å². The van der Waals surface area contributed by atoms with Crippen molar-refractivity contribution in [2.45, 2.75) is 63.0 Å². The summed E-state index contributed by atoms with van der Waals surface area (Å²) >= 11 is 0. The van der Waals surface area contributed by atoms with Gasteiger partial charge in [0.2, 0.25) is 17.7 Å². The molecule has 1 atom stereocenters. The number of aromatic nitrogens is 2. The van der Waals surface area contributed by atoms with Crippen molar-refractivity contribution in [1.29, 1.82) is 0 Å². The monoisotopic (exact) mass is 442 g/mol. The highest BCUT2D eigenvalue weighted by molar-refractivity contribution is 6.05. The Morgan fingerprint density at radius 3 is 2.56 bits per heavy atom. The second-order valence-corrected chi connectivity index (χ2v) is 8.97. The Balaban J connectivity index is 1.42. The minimum atomic E-state index is -2.59. The number of imide groups is 1. The highest BCUT2D eigenvalue weighted by Crippen LogP contribution is 2.43. The lowest BCUT2D eigenvalue weighted by Crippen LogP contribution is -2.52. The maximum absolute atomic E-state index is 13.7. The fourth-order valence-corrected chi connectivity index (χ4v) is 5.21. The summed E-state index contributed by atoms with van der Waals surface area (Å²) in [6.45, 7) is 0.291. The van der Waals surface area contributed by atoms with E-state index in [4.69, 9.17) is 0 Å². The lowest BCUT2D eigenvalue weighted by atomic mass is 9.82. The molecule has 1 aromatic heterocycles. The van der Waals surface area contributed by atoms with Crippen LogP contribution < -0.4 is 5.32 Å². The molecule has 3 aliphatic rings. The number of piperidine rings is 1. The normalized spacial score (nSPS) is 23.4. The number of rotatable bonds is 3. The highest BCUT2D eigenvalue weighted by Gasteiger charge is 2.40. The second kappa shape index (κ2) is 7.50. The van der Waals surface area contributed by atoms with Gasteiger partial charge in [-0.2, -0.15) is 5.10 Å². The first-order chi connectivity index (χ1) is 15.2. The largest absolute Gasteiger partial charge is 0.322 e. The Morgan fingerprint density at radius 1 is 1.09 bits per heavy atom. The third-order valence-corrected chi connectivity index (χ3v) is 6.92. The molecule has 0 radical (unpaired) electrons. The number of carbonyl (C=O) groups excluding carboxylic acids is 3. The van der Waals surface area contributed by atoms with Crippen molar-refractivity contribution in [3.8, 4) is 11.1 Å². The standard InChI is InChI=1S/C23H24F2N4O3/c1-28-20(13-6-8-23(24,25)9-7-13)17(11-26-28)14-2-3-16-15(10-14)12-29(22(16)32)18-4-5-19(30)27-21(18)31/h2-3,10-11,13,18H,4-9,12H2,1H3,(H,27,30,31). The summed E-state index contributed by atoms with van der Waals surface area (Å²) < 4.78 is 29.1. The summed E-state index contributed by atoms with van der Waals surface area (Å²) in [5, 5.41) is 6.69. The molecule has 2 aromatic rings. The van der Waals surface area contributed by atoms with Crippen molar-refractivity contribution < 1.29 is 23.2 Å². The predicted molar refractivity (Wildman–Crippen MR) is 111 cm³/mol. The average molecular weight is 442 g/mol. The maximum Gasteiger partial charge on any atom is 0.255 e. The molecule has 168 valence electrons. The molecular weight excluding hydrogens is 418 g/mol. The molecule has 3 amide bonds. The van der Waals surface area contributed by atoms with Crippen LogP contribution in [0.15, 0.2) is 24.4 Å². The highest BCUT2D eigenvalue weighted by atomic mass is 19.3. The Bertz CT molecular complexity index is 1120. The average Bonchev–Trinajstić information content (AvgIpc) is 3.28. The summed E-state index contributed by atoms with van der Waals surface area (Å²) in [5.74, 6) is -3.56. The number of aryl methyl sites for hydroxylation is 1. The van der Waals surface area contributed by atoms with Crippen LogP contribution in [0.3, 0.4) is 0 Å².